The van der Waals surface area contributed by atoms with Crippen LogP contribution in [0.1, 0.15) is 39.2 Å². The van der Waals surface area contributed by atoms with E-state index in [1.54, 1.807) is 14.2 Å². The maximum atomic E-state index is 12.2. The lowest BCUT2D eigenvalue weighted by molar-refractivity contribution is 0.0185. The summed E-state index contributed by atoms with van der Waals surface area (Å²) in [6.45, 7) is 8.71. The van der Waals surface area contributed by atoms with E-state index in [0.29, 0.717) is 12.5 Å². The van der Waals surface area contributed by atoms with Gasteiger partial charge in [0.15, 0.2) is 5.96 Å². The topological polar surface area (TPSA) is 66.4 Å². The number of guanidine groups is 1. The molecule has 1 heterocycles. The van der Waals surface area contributed by atoms with Crippen molar-refractivity contribution in [2.24, 2.45) is 10.9 Å². The number of nitrogens with one attached hydrogen (secondary N) is 1. The lowest BCUT2D eigenvalue weighted by Gasteiger charge is -2.34. The molecule has 1 aromatic rings. The largest absolute Gasteiger partial charge is 0.496 e. The summed E-state index contributed by atoms with van der Waals surface area (Å²) < 4.78 is 10.9. The lowest BCUT2D eigenvalue weighted by atomic mass is 9.97. The second-order valence-electron chi connectivity index (χ2n) is 8.51. The highest BCUT2D eigenvalue weighted by Gasteiger charge is 2.27. The third kappa shape index (κ3) is 8.20. The third-order valence-corrected chi connectivity index (χ3v) is 4.99. The number of ether oxygens (including phenoxy) is 2. The van der Waals surface area contributed by atoms with E-state index < -0.39 is 5.60 Å². The smallest absolute Gasteiger partial charge is 0.410 e. The minimum atomic E-state index is -0.450. The van der Waals surface area contributed by atoms with Gasteiger partial charge in [-0.25, -0.2) is 4.79 Å². The Labute approximate surface area is 198 Å². The standard InChI is InChI=1S/C22H36N4O3.HI/c1-22(2,3)29-21(27)26-13-11-17(12-14-26)15-24-20(23-4)25(5)16-18-9-7-8-10-19(18)28-6;/h7-10,17H,11-16H2,1-6H3,(H,23,24);1H. The fourth-order valence-electron chi connectivity index (χ4n) is 3.43. The molecule has 0 spiro atoms. The van der Waals surface area contributed by atoms with Gasteiger partial charge in [-0.05, 0) is 45.6 Å². The van der Waals surface area contributed by atoms with Gasteiger partial charge >= 0.3 is 6.09 Å². The molecule has 170 valence electrons. The molecular weight excluding hydrogens is 495 g/mol. The third-order valence-electron chi connectivity index (χ3n) is 4.99. The molecule has 30 heavy (non-hydrogen) atoms. The Morgan fingerprint density at radius 2 is 1.90 bits per heavy atom. The quantitative estimate of drug-likeness (QED) is 0.353. The fourth-order valence-corrected chi connectivity index (χ4v) is 3.43. The predicted octanol–water partition coefficient (Wildman–Crippen LogP) is 3.97. The molecule has 1 fully saturated rings. The number of carbonyl (C=O) groups excluding carboxylic acids is 1. The Morgan fingerprint density at radius 1 is 1.27 bits per heavy atom. The van der Waals surface area contributed by atoms with E-state index in [1.807, 2.05) is 50.9 Å². The number of hydrogen-bond donors (Lipinski definition) is 1. The number of nitrogens with zero attached hydrogens (tertiary/aromatic N) is 3. The Bertz CT molecular complexity index is 698. The summed E-state index contributed by atoms with van der Waals surface area (Å²) in [5.41, 5.74) is 0.666. The Kier molecular flexibility index (Phi) is 10.7. The minimum Gasteiger partial charge on any atom is -0.496 e. The summed E-state index contributed by atoms with van der Waals surface area (Å²) in [6, 6.07) is 8.02. The second kappa shape index (κ2) is 12.2. The summed E-state index contributed by atoms with van der Waals surface area (Å²) in [5, 5.41) is 3.48. The van der Waals surface area contributed by atoms with E-state index in [-0.39, 0.29) is 30.1 Å². The first-order valence-electron chi connectivity index (χ1n) is 10.2. The number of likely N-dealkylation sites (tertiary alicyclic amines) is 1. The van der Waals surface area contributed by atoms with Crippen molar-refractivity contribution in [3.63, 3.8) is 0 Å². The zero-order valence-electron chi connectivity index (χ0n) is 19.1. The van der Waals surface area contributed by atoms with Gasteiger partial charge in [0.2, 0.25) is 0 Å². The number of rotatable bonds is 5. The van der Waals surface area contributed by atoms with Gasteiger partial charge < -0.3 is 24.6 Å². The van der Waals surface area contributed by atoms with Crippen LogP contribution in [0, 0.1) is 5.92 Å². The number of halogens is 1. The van der Waals surface area contributed by atoms with Gasteiger partial charge in [0, 0.05) is 45.8 Å². The maximum absolute atomic E-state index is 12.2. The summed E-state index contributed by atoms with van der Waals surface area (Å²) >= 11 is 0. The molecule has 1 aliphatic rings. The van der Waals surface area contributed by atoms with E-state index in [2.05, 4.69) is 21.3 Å². The van der Waals surface area contributed by atoms with Crippen LogP contribution in [0.2, 0.25) is 0 Å². The minimum absolute atomic E-state index is 0. The number of methoxy groups -OCH3 is 1. The average molecular weight is 532 g/mol. The van der Waals surface area contributed by atoms with Crippen LogP contribution < -0.4 is 10.1 Å². The van der Waals surface area contributed by atoms with Gasteiger partial charge in [0.05, 0.1) is 7.11 Å². The SMILES string of the molecule is CN=C(NCC1CCN(C(=O)OC(C)(C)C)CC1)N(C)Cc1ccccc1OC.I. The van der Waals surface area contributed by atoms with E-state index in [0.717, 1.165) is 49.7 Å². The first-order chi connectivity index (χ1) is 13.7. The van der Waals surface area contributed by atoms with Crippen molar-refractivity contribution < 1.29 is 14.3 Å². The molecule has 8 heteroatoms. The van der Waals surface area contributed by atoms with Crippen LogP contribution in [0.15, 0.2) is 29.3 Å². The molecule has 0 aromatic heterocycles. The zero-order valence-corrected chi connectivity index (χ0v) is 21.4. The van der Waals surface area contributed by atoms with Gasteiger partial charge in [0.1, 0.15) is 11.4 Å². The summed E-state index contributed by atoms with van der Waals surface area (Å²) in [6.07, 6.45) is 1.70. The number of benzene rings is 1. The van der Waals surface area contributed by atoms with Crippen molar-refractivity contribution in [2.45, 2.75) is 45.8 Å². The van der Waals surface area contributed by atoms with Gasteiger partial charge in [-0.1, -0.05) is 18.2 Å². The second-order valence-corrected chi connectivity index (χ2v) is 8.51. The molecule has 7 nitrogen and oxygen atoms in total. The number of piperidine rings is 1. The molecule has 0 radical (unpaired) electrons. The van der Waals surface area contributed by atoms with Crippen LogP contribution in [-0.4, -0.2) is 68.3 Å². The molecule has 1 saturated heterocycles. The van der Waals surface area contributed by atoms with Crippen molar-refractivity contribution in [3.05, 3.63) is 29.8 Å². The number of hydrogen-bond acceptors (Lipinski definition) is 4. The van der Waals surface area contributed by atoms with Crippen molar-refractivity contribution in [3.8, 4) is 5.75 Å². The summed E-state index contributed by atoms with van der Waals surface area (Å²) in [4.78, 5) is 20.5. The highest BCUT2D eigenvalue weighted by Crippen LogP contribution is 2.20. The van der Waals surface area contributed by atoms with Crippen LogP contribution >= 0.6 is 24.0 Å². The molecule has 0 saturated carbocycles. The average Bonchev–Trinajstić information content (AvgIpc) is 2.68. The van der Waals surface area contributed by atoms with E-state index in [9.17, 15) is 4.79 Å². The predicted molar refractivity (Wildman–Crippen MR) is 132 cm³/mol. The molecule has 1 amide bonds. The lowest BCUT2D eigenvalue weighted by Crippen LogP contribution is -2.45. The monoisotopic (exact) mass is 532 g/mol. The molecule has 0 unspecified atom stereocenters. The molecule has 0 bridgehead atoms. The highest BCUT2D eigenvalue weighted by molar-refractivity contribution is 14.0. The molecule has 1 aromatic carbocycles. The van der Waals surface area contributed by atoms with Crippen LogP contribution in [0.5, 0.6) is 5.75 Å². The zero-order chi connectivity index (χ0) is 21.4. The fraction of sp³-hybridized carbons (Fsp3) is 0.636. The number of carbonyl (C=O) groups is 1. The molecule has 0 atom stereocenters. The first kappa shape index (κ1) is 26.3. The van der Waals surface area contributed by atoms with E-state index >= 15 is 0 Å². The van der Waals surface area contributed by atoms with Gasteiger partial charge in [-0.2, -0.15) is 0 Å². The Hall–Kier alpha value is -1.71. The first-order valence-corrected chi connectivity index (χ1v) is 10.2. The van der Waals surface area contributed by atoms with Crippen molar-refractivity contribution in [1.29, 1.82) is 0 Å². The molecule has 1 aliphatic heterocycles. The molecule has 1 N–H and O–H groups in total. The molecular formula is C22H37IN4O3. The summed E-state index contributed by atoms with van der Waals surface area (Å²) in [7, 11) is 5.51. The Morgan fingerprint density at radius 3 is 2.47 bits per heavy atom. The number of para-hydroxylation sites is 1. The van der Waals surface area contributed by atoms with Crippen molar-refractivity contribution in [1.82, 2.24) is 15.1 Å². The molecule has 0 aliphatic carbocycles. The Balaban J connectivity index is 0.00000450. The highest BCUT2D eigenvalue weighted by atomic mass is 127. The summed E-state index contributed by atoms with van der Waals surface area (Å²) in [5.74, 6) is 2.24. The van der Waals surface area contributed by atoms with Crippen LogP contribution in [0.4, 0.5) is 4.79 Å². The van der Waals surface area contributed by atoms with Crippen LogP contribution in [-0.2, 0) is 11.3 Å². The van der Waals surface area contributed by atoms with Crippen LogP contribution in [0.3, 0.4) is 0 Å². The van der Waals surface area contributed by atoms with E-state index in [1.165, 1.54) is 0 Å². The van der Waals surface area contributed by atoms with Gasteiger partial charge in [-0.3, -0.25) is 4.99 Å². The number of amides is 1. The normalized spacial score (nSPS) is 15.3. The van der Waals surface area contributed by atoms with Gasteiger partial charge in [0.25, 0.3) is 0 Å². The number of aliphatic imine (C=N–C) groups is 1. The van der Waals surface area contributed by atoms with Crippen LogP contribution in [0.25, 0.3) is 0 Å². The molecule has 2 rings (SSSR count). The van der Waals surface area contributed by atoms with Gasteiger partial charge in [-0.15, -0.1) is 24.0 Å². The van der Waals surface area contributed by atoms with Crippen molar-refractivity contribution in [2.75, 3.05) is 40.8 Å². The van der Waals surface area contributed by atoms with Crippen molar-refractivity contribution >= 4 is 36.0 Å². The maximum Gasteiger partial charge on any atom is 0.410 e. The van der Waals surface area contributed by atoms with E-state index in [4.69, 9.17) is 9.47 Å².